The molecule has 1 aliphatic rings. The zero-order valence-electron chi connectivity index (χ0n) is 12.0. The molecular formula is C14H14N4O4. The van der Waals surface area contributed by atoms with Crippen molar-refractivity contribution in [3.63, 3.8) is 0 Å². The monoisotopic (exact) mass is 302 g/mol. The Morgan fingerprint density at radius 2 is 2.32 bits per heavy atom. The molecule has 1 aromatic carbocycles. The molecule has 0 radical (unpaired) electrons. The predicted octanol–water partition coefficient (Wildman–Crippen LogP) is 1.81. The third kappa shape index (κ3) is 2.67. The van der Waals surface area contributed by atoms with Gasteiger partial charge in [-0.05, 0) is 18.4 Å². The molecule has 0 aliphatic carbocycles. The average Bonchev–Trinajstić information content (AvgIpc) is 2.91. The number of aromatic nitrogens is 2. The Morgan fingerprint density at radius 1 is 1.50 bits per heavy atom. The van der Waals surface area contributed by atoms with Crippen LogP contribution >= 0.6 is 0 Å². The van der Waals surface area contributed by atoms with Crippen molar-refractivity contribution in [2.45, 2.75) is 26.2 Å². The van der Waals surface area contributed by atoms with E-state index in [9.17, 15) is 14.9 Å². The molecule has 1 aromatic heterocycles. The first-order chi connectivity index (χ1) is 10.5. The van der Waals surface area contributed by atoms with E-state index in [0.717, 1.165) is 18.4 Å². The van der Waals surface area contributed by atoms with E-state index in [4.69, 9.17) is 4.52 Å². The SMILES string of the molecule is Cc1nc(CC(=O)N2CCCc3ccc([N+](=O)[O-])cc32)no1. The zero-order chi connectivity index (χ0) is 15.7. The molecule has 0 unspecified atom stereocenters. The van der Waals surface area contributed by atoms with E-state index < -0.39 is 4.92 Å². The molecule has 1 amide bonds. The molecule has 0 fully saturated rings. The molecule has 2 aromatic rings. The Balaban J connectivity index is 1.88. The summed E-state index contributed by atoms with van der Waals surface area (Å²) in [6.45, 7) is 2.18. The Bertz CT molecular complexity index is 740. The lowest BCUT2D eigenvalue weighted by Gasteiger charge is -2.29. The average molecular weight is 302 g/mol. The summed E-state index contributed by atoms with van der Waals surface area (Å²) >= 11 is 0. The quantitative estimate of drug-likeness (QED) is 0.633. The standard InChI is InChI=1S/C14H14N4O4/c1-9-15-13(16-22-9)8-14(19)17-6-2-3-10-4-5-11(18(20)21)7-12(10)17/h4-5,7H,2-3,6,8H2,1H3. The number of hydrogen-bond donors (Lipinski definition) is 0. The molecule has 0 bridgehead atoms. The lowest BCUT2D eigenvalue weighted by Crippen LogP contribution is -2.36. The van der Waals surface area contributed by atoms with E-state index >= 15 is 0 Å². The number of nitro benzene ring substituents is 1. The van der Waals surface area contributed by atoms with E-state index in [1.807, 2.05) is 0 Å². The van der Waals surface area contributed by atoms with Crippen LogP contribution in [0.25, 0.3) is 0 Å². The Hall–Kier alpha value is -2.77. The molecule has 114 valence electrons. The van der Waals surface area contributed by atoms with Crippen molar-refractivity contribution in [3.05, 3.63) is 45.6 Å². The van der Waals surface area contributed by atoms with Crippen LogP contribution < -0.4 is 4.90 Å². The first kappa shape index (κ1) is 14.2. The second-order valence-electron chi connectivity index (χ2n) is 5.13. The van der Waals surface area contributed by atoms with Gasteiger partial charge in [0.1, 0.15) is 0 Å². The number of hydrogen-bond acceptors (Lipinski definition) is 6. The normalized spacial score (nSPS) is 13.8. The minimum atomic E-state index is -0.458. The summed E-state index contributed by atoms with van der Waals surface area (Å²) in [4.78, 5) is 28.5. The maximum absolute atomic E-state index is 12.5. The summed E-state index contributed by atoms with van der Waals surface area (Å²) in [5.74, 6) is 0.528. The molecule has 0 N–H and O–H groups in total. The molecule has 3 rings (SSSR count). The van der Waals surface area contributed by atoms with Crippen molar-refractivity contribution < 1.29 is 14.2 Å². The van der Waals surface area contributed by atoms with Crippen molar-refractivity contribution in [2.24, 2.45) is 0 Å². The van der Waals surface area contributed by atoms with Gasteiger partial charge in [-0.3, -0.25) is 14.9 Å². The van der Waals surface area contributed by atoms with Crippen molar-refractivity contribution in [2.75, 3.05) is 11.4 Å². The molecule has 0 atom stereocenters. The van der Waals surface area contributed by atoms with Gasteiger partial charge < -0.3 is 9.42 Å². The fraction of sp³-hybridized carbons (Fsp3) is 0.357. The number of rotatable bonds is 3. The van der Waals surface area contributed by atoms with Crippen LogP contribution in [0.4, 0.5) is 11.4 Å². The van der Waals surface area contributed by atoms with E-state index in [0.29, 0.717) is 23.9 Å². The summed E-state index contributed by atoms with van der Waals surface area (Å²) in [5.41, 5.74) is 1.52. The van der Waals surface area contributed by atoms with Crippen LogP contribution in [0.3, 0.4) is 0 Å². The van der Waals surface area contributed by atoms with Gasteiger partial charge in [0.2, 0.25) is 11.8 Å². The van der Waals surface area contributed by atoms with Crippen molar-refractivity contribution in [1.29, 1.82) is 0 Å². The van der Waals surface area contributed by atoms with Gasteiger partial charge in [0, 0.05) is 25.6 Å². The second-order valence-corrected chi connectivity index (χ2v) is 5.13. The van der Waals surface area contributed by atoms with Gasteiger partial charge in [-0.1, -0.05) is 11.2 Å². The van der Waals surface area contributed by atoms with Gasteiger partial charge in [-0.15, -0.1) is 0 Å². The van der Waals surface area contributed by atoms with Crippen LogP contribution in [-0.2, 0) is 17.6 Å². The van der Waals surface area contributed by atoms with Crippen molar-refractivity contribution in [1.82, 2.24) is 10.1 Å². The van der Waals surface area contributed by atoms with Crippen LogP contribution in [0.5, 0.6) is 0 Å². The third-order valence-corrected chi connectivity index (χ3v) is 3.58. The van der Waals surface area contributed by atoms with Crippen LogP contribution in [0.15, 0.2) is 22.7 Å². The van der Waals surface area contributed by atoms with Crippen LogP contribution in [0.2, 0.25) is 0 Å². The smallest absolute Gasteiger partial charge is 0.271 e. The topological polar surface area (TPSA) is 102 Å². The highest BCUT2D eigenvalue weighted by Crippen LogP contribution is 2.31. The number of anilines is 1. The lowest BCUT2D eigenvalue weighted by atomic mass is 10.0. The number of fused-ring (bicyclic) bond motifs is 1. The van der Waals surface area contributed by atoms with Crippen molar-refractivity contribution in [3.8, 4) is 0 Å². The number of nitro groups is 1. The predicted molar refractivity (Wildman–Crippen MR) is 76.5 cm³/mol. The molecule has 22 heavy (non-hydrogen) atoms. The number of benzene rings is 1. The molecule has 1 aliphatic heterocycles. The highest BCUT2D eigenvalue weighted by molar-refractivity contribution is 5.95. The van der Waals surface area contributed by atoms with Gasteiger partial charge in [-0.25, -0.2) is 0 Å². The fourth-order valence-corrected chi connectivity index (χ4v) is 2.58. The molecular weight excluding hydrogens is 288 g/mol. The number of carbonyl (C=O) groups excluding carboxylic acids is 1. The highest BCUT2D eigenvalue weighted by atomic mass is 16.6. The van der Waals surface area contributed by atoms with Crippen LogP contribution in [0, 0.1) is 17.0 Å². The minimum Gasteiger partial charge on any atom is -0.340 e. The minimum absolute atomic E-state index is 0.0134. The summed E-state index contributed by atoms with van der Waals surface area (Å²) < 4.78 is 4.85. The van der Waals surface area contributed by atoms with Gasteiger partial charge in [-0.2, -0.15) is 4.98 Å². The number of amides is 1. The Kier molecular flexibility index (Phi) is 3.58. The Labute approximate surface area is 125 Å². The number of nitrogens with zero attached hydrogens (tertiary/aromatic N) is 4. The number of carbonyl (C=O) groups is 1. The molecule has 2 heterocycles. The summed E-state index contributed by atoms with van der Waals surface area (Å²) in [6, 6.07) is 4.63. The van der Waals surface area contributed by atoms with Gasteiger partial charge >= 0.3 is 0 Å². The molecule has 0 saturated heterocycles. The second kappa shape index (κ2) is 5.55. The Morgan fingerprint density at radius 3 is 3.00 bits per heavy atom. The summed E-state index contributed by atoms with van der Waals surface area (Å²) in [6.07, 6.45) is 1.64. The van der Waals surface area contributed by atoms with Gasteiger partial charge in [0.05, 0.1) is 17.0 Å². The first-order valence-corrected chi connectivity index (χ1v) is 6.91. The molecule has 0 spiro atoms. The van der Waals surface area contributed by atoms with E-state index in [1.165, 1.54) is 12.1 Å². The fourth-order valence-electron chi connectivity index (χ4n) is 2.58. The van der Waals surface area contributed by atoms with Crippen LogP contribution in [0.1, 0.15) is 23.7 Å². The highest BCUT2D eigenvalue weighted by Gasteiger charge is 2.25. The van der Waals surface area contributed by atoms with Crippen molar-refractivity contribution >= 4 is 17.3 Å². The molecule has 8 heteroatoms. The number of aryl methyl sites for hydroxylation is 2. The number of non-ortho nitro benzene ring substituents is 1. The van der Waals surface area contributed by atoms with Crippen LogP contribution in [-0.4, -0.2) is 27.5 Å². The summed E-state index contributed by atoms with van der Waals surface area (Å²) in [5, 5.41) is 14.6. The first-order valence-electron chi connectivity index (χ1n) is 6.91. The molecule has 8 nitrogen and oxygen atoms in total. The lowest BCUT2D eigenvalue weighted by molar-refractivity contribution is -0.384. The zero-order valence-corrected chi connectivity index (χ0v) is 12.0. The summed E-state index contributed by atoms with van der Waals surface area (Å²) in [7, 11) is 0. The third-order valence-electron chi connectivity index (χ3n) is 3.58. The van der Waals surface area contributed by atoms with E-state index in [1.54, 1.807) is 17.9 Å². The van der Waals surface area contributed by atoms with E-state index in [-0.39, 0.29) is 18.0 Å². The maximum Gasteiger partial charge on any atom is 0.271 e. The van der Waals surface area contributed by atoms with E-state index in [2.05, 4.69) is 10.1 Å². The largest absolute Gasteiger partial charge is 0.340 e. The molecule has 0 saturated carbocycles. The maximum atomic E-state index is 12.5. The van der Waals surface area contributed by atoms with Gasteiger partial charge in [0.15, 0.2) is 5.82 Å². The van der Waals surface area contributed by atoms with Gasteiger partial charge in [0.25, 0.3) is 5.69 Å².